The summed E-state index contributed by atoms with van der Waals surface area (Å²) in [6.45, 7) is 6.54. The molecule has 0 spiro atoms. The Morgan fingerprint density at radius 2 is 1.55 bits per heavy atom. The first kappa shape index (κ1) is 22.1. The second-order valence-electron chi connectivity index (χ2n) is 4.52. The summed E-state index contributed by atoms with van der Waals surface area (Å²) < 4.78 is 0. The van der Waals surface area contributed by atoms with Gasteiger partial charge in [0.1, 0.15) is 0 Å². The molecule has 1 atom stereocenters. The molecule has 0 saturated heterocycles. The molecular weight excluding hydrogens is 366 g/mol. The number of hydrogen-bond acceptors (Lipinski definition) is 0. The van der Waals surface area contributed by atoms with Crippen LogP contribution in [0.2, 0.25) is 0 Å². The smallest absolute Gasteiger partial charge is 1.00 e. The number of allylic oxidation sites excluding steroid dienone is 1. The molecule has 1 aliphatic rings. The van der Waals surface area contributed by atoms with E-state index in [0.717, 1.165) is 0 Å². The summed E-state index contributed by atoms with van der Waals surface area (Å²) in [5, 5.41) is 0. The van der Waals surface area contributed by atoms with E-state index in [0.29, 0.717) is 5.92 Å². The van der Waals surface area contributed by atoms with Crippen molar-refractivity contribution in [3.8, 4) is 0 Å². The largest absolute Gasteiger partial charge is 4.00 e. The van der Waals surface area contributed by atoms with Crippen LogP contribution in [0.1, 0.15) is 35.1 Å². The zero-order valence-corrected chi connectivity index (χ0v) is 15.9. The zero-order valence-electron chi connectivity index (χ0n) is 12.0. The maximum absolute atomic E-state index is 3.34. The van der Waals surface area contributed by atoms with Crippen molar-refractivity contribution in [3.63, 3.8) is 0 Å². The van der Waals surface area contributed by atoms with Gasteiger partial charge in [-0.05, 0) is 6.92 Å². The topological polar surface area (TPSA) is 0 Å². The van der Waals surface area contributed by atoms with Gasteiger partial charge >= 0.3 is 26.2 Å². The van der Waals surface area contributed by atoms with Crippen molar-refractivity contribution in [2.45, 2.75) is 26.7 Å². The van der Waals surface area contributed by atoms with Crippen LogP contribution in [0.3, 0.4) is 0 Å². The molecule has 0 bridgehead atoms. The molecule has 3 heteroatoms. The van der Waals surface area contributed by atoms with Gasteiger partial charge in [0.2, 0.25) is 0 Å². The average Bonchev–Trinajstić information content (AvgIpc) is 2.96. The molecule has 104 valence electrons. The first-order valence-corrected chi connectivity index (χ1v) is 6.06. The summed E-state index contributed by atoms with van der Waals surface area (Å²) in [6, 6.07) is 14.4. The molecular formula is C17H18Cl2Zr. The number of rotatable bonds is 0. The minimum absolute atomic E-state index is 0. The molecule has 2 aromatic carbocycles. The van der Waals surface area contributed by atoms with Gasteiger partial charge in [-0.1, -0.05) is 37.5 Å². The van der Waals surface area contributed by atoms with Crippen molar-refractivity contribution in [1.29, 1.82) is 0 Å². The van der Waals surface area contributed by atoms with E-state index in [1.807, 2.05) is 30.3 Å². The van der Waals surface area contributed by atoms with E-state index in [-0.39, 0.29) is 51.0 Å². The fraction of sp³-hybridized carbons (Fsp3) is 0.235. The van der Waals surface area contributed by atoms with Gasteiger partial charge in [-0.2, -0.15) is 23.8 Å². The van der Waals surface area contributed by atoms with Crippen LogP contribution in [0.4, 0.5) is 0 Å². The Hall–Kier alpha value is -0.227. The van der Waals surface area contributed by atoms with Gasteiger partial charge in [0.15, 0.2) is 0 Å². The molecule has 0 nitrogen and oxygen atoms in total. The van der Waals surface area contributed by atoms with Crippen molar-refractivity contribution < 1.29 is 51.0 Å². The van der Waals surface area contributed by atoms with Crippen molar-refractivity contribution >= 4 is 6.08 Å². The van der Waals surface area contributed by atoms with E-state index >= 15 is 0 Å². The Morgan fingerprint density at radius 3 is 2.00 bits per heavy atom. The van der Waals surface area contributed by atoms with Gasteiger partial charge in [-0.15, -0.1) is 11.1 Å². The van der Waals surface area contributed by atoms with Crippen molar-refractivity contribution in [2.75, 3.05) is 0 Å². The van der Waals surface area contributed by atoms with Crippen LogP contribution in [-0.2, 0) is 26.2 Å². The van der Waals surface area contributed by atoms with Gasteiger partial charge in [-0.3, -0.25) is 6.08 Å². The monoisotopic (exact) mass is 382 g/mol. The molecule has 0 heterocycles. The summed E-state index contributed by atoms with van der Waals surface area (Å²) in [7, 11) is 0. The summed E-state index contributed by atoms with van der Waals surface area (Å²) in [5.41, 5.74) is 5.62. The molecule has 0 amide bonds. The van der Waals surface area contributed by atoms with E-state index in [9.17, 15) is 0 Å². The summed E-state index contributed by atoms with van der Waals surface area (Å²) in [5.74, 6) is 0.486. The Kier molecular flexibility index (Phi) is 11.6. The zero-order chi connectivity index (χ0) is 12.3. The Balaban J connectivity index is 0. The van der Waals surface area contributed by atoms with Gasteiger partial charge in [0.05, 0.1) is 0 Å². The Morgan fingerprint density at radius 1 is 1.00 bits per heavy atom. The number of hydrogen-bond donors (Lipinski definition) is 0. The van der Waals surface area contributed by atoms with E-state index in [2.05, 4.69) is 45.1 Å². The SMILES string of the molecule is Cc1ccc(C)c2c1C=[C-]C2C.[Cl-].[Cl-].[Zr+4].c1cc[cH-]c1. The molecule has 0 N–H and O–H groups in total. The first-order chi connectivity index (χ1) is 8.20. The number of halogens is 2. The van der Waals surface area contributed by atoms with E-state index < -0.39 is 0 Å². The van der Waals surface area contributed by atoms with Crippen LogP contribution in [0, 0.1) is 19.9 Å². The summed E-state index contributed by atoms with van der Waals surface area (Å²) in [4.78, 5) is 0. The molecule has 3 rings (SSSR count). The third-order valence-electron chi connectivity index (χ3n) is 3.19. The van der Waals surface area contributed by atoms with Gasteiger partial charge < -0.3 is 24.8 Å². The van der Waals surface area contributed by atoms with Gasteiger partial charge in [0.25, 0.3) is 0 Å². The average molecular weight is 384 g/mol. The van der Waals surface area contributed by atoms with Crippen LogP contribution in [0.5, 0.6) is 0 Å². The van der Waals surface area contributed by atoms with E-state index in [1.54, 1.807) is 0 Å². The second kappa shape index (κ2) is 10.5. The Labute approximate surface area is 154 Å². The van der Waals surface area contributed by atoms with E-state index in [1.165, 1.54) is 22.3 Å². The molecule has 0 fully saturated rings. The maximum Gasteiger partial charge on any atom is 4.00 e. The van der Waals surface area contributed by atoms with Crippen LogP contribution < -0.4 is 24.8 Å². The van der Waals surface area contributed by atoms with Crippen LogP contribution >= 0.6 is 0 Å². The third kappa shape index (κ3) is 5.28. The first-order valence-electron chi connectivity index (χ1n) is 6.06. The van der Waals surface area contributed by atoms with Gasteiger partial charge in [-0.25, -0.2) is 18.2 Å². The fourth-order valence-corrected chi connectivity index (χ4v) is 2.23. The summed E-state index contributed by atoms with van der Waals surface area (Å²) in [6.07, 6.45) is 5.47. The fourth-order valence-electron chi connectivity index (χ4n) is 2.23. The second-order valence-corrected chi connectivity index (χ2v) is 4.52. The van der Waals surface area contributed by atoms with Crippen LogP contribution in [-0.4, -0.2) is 0 Å². The predicted molar refractivity (Wildman–Crippen MR) is 74.1 cm³/mol. The molecule has 20 heavy (non-hydrogen) atoms. The normalized spacial score (nSPS) is 13.8. The van der Waals surface area contributed by atoms with E-state index in [4.69, 9.17) is 0 Å². The number of aryl methyl sites for hydroxylation is 2. The minimum Gasteiger partial charge on any atom is -1.00 e. The van der Waals surface area contributed by atoms with Crippen molar-refractivity contribution in [2.24, 2.45) is 0 Å². The van der Waals surface area contributed by atoms with Crippen molar-refractivity contribution in [3.05, 3.63) is 70.8 Å². The molecule has 2 aromatic rings. The molecule has 1 unspecified atom stereocenters. The molecule has 0 radical (unpaired) electrons. The quantitative estimate of drug-likeness (QED) is 0.493. The molecule has 0 aliphatic heterocycles. The molecule has 1 aliphatic carbocycles. The van der Waals surface area contributed by atoms with Crippen LogP contribution in [0.25, 0.3) is 6.08 Å². The minimum atomic E-state index is 0. The van der Waals surface area contributed by atoms with Crippen molar-refractivity contribution in [1.82, 2.24) is 0 Å². The molecule has 0 aromatic heterocycles. The third-order valence-corrected chi connectivity index (χ3v) is 3.19. The van der Waals surface area contributed by atoms with Crippen LogP contribution in [0.15, 0.2) is 42.5 Å². The maximum atomic E-state index is 3.34. The number of fused-ring (bicyclic) bond motifs is 1. The van der Waals surface area contributed by atoms with Gasteiger partial charge in [0, 0.05) is 0 Å². The summed E-state index contributed by atoms with van der Waals surface area (Å²) >= 11 is 0. The number of benzene rings is 1. The Bertz CT molecular complexity index is 499. The molecule has 0 saturated carbocycles. The predicted octanol–water partition coefficient (Wildman–Crippen LogP) is -1.35. The standard InChI is InChI=1S/C12H13.C5H5.2ClH.Zr/c1-8-4-5-9(2)12-10(3)6-7-11(8)12;1-2-4-5-3-1;;;/h4-5,7,10H,1-3H3;1-5H;2*1H;/q2*-1;;;+4/p-2.